The van der Waals surface area contributed by atoms with Gasteiger partial charge in [-0.2, -0.15) is 0 Å². The molecular weight excluding hydrogens is 276 g/mol. The first-order valence-electron chi connectivity index (χ1n) is 9.43. The van der Waals surface area contributed by atoms with Crippen molar-refractivity contribution in [3.63, 3.8) is 0 Å². The van der Waals surface area contributed by atoms with Gasteiger partial charge in [0.2, 0.25) is 0 Å². The Bertz CT molecular complexity index is 518. The Balaban J connectivity index is 2.33. The van der Waals surface area contributed by atoms with E-state index < -0.39 is 0 Å². The summed E-state index contributed by atoms with van der Waals surface area (Å²) in [5, 5.41) is 0. The highest BCUT2D eigenvalue weighted by atomic mass is 14.5. The normalized spacial score (nSPS) is 26.1. The van der Waals surface area contributed by atoms with Gasteiger partial charge in [-0.3, -0.25) is 0 Å². The van der Waals surface area contributed by atoms with Crippen LogP contribution in [0.5, 0.6) is 0 Å². The van der Waals surface area contributed by atoms with E-state index in [-0.39, 0.29) is 0 Å². The summed E-state index contributed by atoms with van der Waals surface area (Å²) in [6, 6.07) is 11.3. The second-order valence-electron chi connectivity index (χ2n) is 7.47. The van der Waals surface area contributed by atoms with E-state index in [2.05, 4.69) is 70.7 Å². The lowest BCUT2D eigenvalue weighted by molar-refractivity contribution is 0.129. The quantitative estimate of drug-likeness (QED) is 0.500. The molecule has 1 saturated carbocycles. The van der Waals surface area contributed by atoms with Crippen LogP contribution in [0.2, 0.25) is 0 Å². The van der Waals surface area contributed by atoms with Crippen molar-refractivity contribution in [3.05, 3.63) is 60.2 Å². The minimum absolute atomic E-state index is 0.341. The molecule has 0 saturated heterocycles. The van der Waals surface area contributed by atoms with E-state index in [9.17, 15) is 0 Å². The van der Waals surface area contributed by atoms with Gasteiger partial charge in [0.05, 0.1) is 0 Å². The number of allylic oxidation sites excluding steroid dienone is 3. The van der Waals surface area contributed by atoms with Crippen LogP contribution in [0, 0.1) is 17.8 Å². The first-order valence-corrected chi connectivity index (χ1v) is 9.43. The standard InChI is InChI=1S/C23H34/c1-6-12-18(4)22-17-21(16-15-19(22)5)23(7-2,8-3)20-13-10-9-11-14-20/h6,9-14,19,21-22H,1,7-8,15-17H2,2-5H3/b18-12+. The Labute approximate surface area is 143 Å². The third-order valence-electron chi connectivity index (χ3n) is 6.55. The van der Waals surface area contributed by atoms with Gasteiger partial charge in [0.25, 0.3) is 0 Å². The highest BCUT2D eigenvalue weighted by Gasteiger charge is 2.41. The van der Waals surface area contributed by atoms with Crippen molar-refractivity contribution in [1.29, 1.82) is 0 Å². The lowest BCUT2D eigenvalue weighted by Crippen LogP contribution is -2.39. The van der Waals surface area contributed by atoms with Crippen LogP contribution in [0.1, 0.15) is 65.4 Å². The largest absolute Gasteiger partial charge is 0.0991 e. The molecule has 126 valence electrons. The van der Waals surface area contributed by atoms with Crippen LogP contribution in [-0.4, -0.2) is 0 Å². The van der Waals surface area contributed by atoms with Gasteiger partial charge >= 0.3 is 0 Å². The van der Waals surface area contributed by atoms with Gasteiger partial charge in [-0.25, -0.2) is 0 Å². The summed E-state index contributed by atoms with van der Waals surface area (Å²) in [4.78, 5) is 0. The summed E-state index contributed by atoms with van der Waals surface area (Å²) >= 11 is 0. The summed E-state index contributed by atoms with van der Waals surface area (Å²) in [5.41, 5.74) is 3.41. The maximum absolute atomic E-state index is 3.89. The van der Waals surface area contributed by atoms with Crippen LogP contribution in [0.3, 0.4) is 0 Å². The maximum Gasteiger partial charge on any atom is -0.00238 e. The van der Waals surface area contributed by atoms with E-state index in [0.717, 1.165) is 11.8 Å². The summed E-state index contributed by atoms with van der Waals surface area (Å²) < 4.78 is 0. The monoisotopic (exact) mass is 310 g/mol. The molecule has 3 atom stereocenters. The van der Waals surface area contributed by atoms with E-state index in [1.54, 1.807) is 5.56 Å². The SMILES string of the molecule is C=C/C=C(\C)C1CC(C(CC)(CC)c2ccccc2)CCC1C. The second-order valence-corrected chi connectivity index (χ2v) is 7.47. The van der Waals surface area contributed by atoms with Crippen molar-refractivity contribution >= 4 is 0 Å². The third-order valence-corrected chi connectivity index (χ3v) is 6.55. The number of benzene rings is 1. The van der Waals surface area contributed by atoms with Crippen molar-refractivity contribution in [2.75, 3.05) is 0 Å². The van der Waals surface area contributed by atoms with Crippen molar-refractivity contribution in [3.8, 4) is 0 Å². The van der Waals surface area contributed by atoms with Gasteiger partial charge in [0.15, 0.2) is 0 Å². The summed E-state index contributed by atoms with van der Waals surface area (Å²) in [7, 11) is 0. The van der Waals surface area contributed by atoms with Crippen molar-refractivity contribution in [1.82, 2.24) is 0 Å². The molecule has 0 radical (unpaired) electrons. The molecule has 0 nitrogen and oxygen atoms in total. The number of hydrogen-bond acceptors (Lipinski definition) is 0. The van der Waals surface area contributed by atoms with Gasteiger partial charge < -0.3 is 0 Å². The molecule has 0 heteroatoms. The highest BCUT2D eigenvalue weighted by Crippen LogP contribution is 2.49. The fraction of sp³-hybridized carbons (Fsp3) is 0.565. The first-order chi connectivity index (χ1) is 11.1. The molecule has 0 spiro atoms. The van der Waals surface area contributed by atoms with Gasteiger partial charge in [0, 0.05) is 0 Å². The first kappa shape index (κ1) is 18.0. The molecule has 2 rings (SSSR count). The summed E-state index contributed by atoms with van der Waals surface area (Å²) in [6.45, 7) is 13.4. The summed E-state index contributed by atoms with van der Waals surface area (Å²) in [5.74, 6) is 2.30. The predicted octanol–water partition coefficient (Wildman–Crippen LogP) is 6.93. The molecule has 1 aliphatic carbocycles. The van der Waals surface area contributed by atoms with Gasteiger partial charge in [-0.05, 0) is 67.8 Å². The van der Waals surface area contributed by atoms with Crippen molar-refractivity contribution < 1.29 is 0 Å². The minimum Gasteiger partial charge on any atom is -0.0991 e. The number of rotatable bonds is 6. The third kappa shape index (κ3) is 3.62. The molecule has 1 fully saturated rings. The van der Waals surface area contributed by atoms with E-state index in [1.165, 1.54) is 37.7 Å². The van der Waals surface area contributed by atoms with Crippen LogP contribution >= 0.6 is 0 Å². The Morgan fingerprint density at radius 1 is 1.17 bits per heavy atom. The van der Waals surface area contributed by atoms with Crippen molar-refractivity contribution in [2.24, 2.45) is 17.8 Å². The topological polar surface area (TPSA) is 0 Å². The van der Waals surface area contributed by atoms with Crippen LogP contribution in [0.15, 0.2) is 54.6 Å². The smallest absolute Gasteiger partial charge is 0.00238 e. The molecule has 1 aromatic carbocycles. The molecule has 3 unspecified atom stereocenters. The molecule has 0 N–H and O–H groups in total. The molecule has 0 aromatic heterocycles. The van der Waals surface area contributed by atoms with Crippen LogP contribution in [0.4, 0.5) is 0 Å². The molecule has 0 bridgehead atoms. The van der Waals surface area contributed by atoms with Gasteiger partial charge in [-0.1, -0.05) is 75.4 Å². The van der Waals surface area contributed by atoms with Crippen LogP contribution in [0.25, 0.3) is 0 Å². The molecule has 1 aliphatic rings. The predicted molar refractivity (Wildman–Crippen MR) is 103 cm³/mol. The molecule has 0 amide bonds. The maximum atomic E-state index is 3.89. The fourth-order valence-corrected chi connectivity index (χ4v) is 5.01. The number of hydrogen-bond donors (Lipinski definition) is 0. The minimum atomic E-state index is 0.341. The molecule has 0 aliphatic heterocycles. The van der Waals surface area contributed by atoms with Crippen molar-refractivity contribution in [2.45, 2.75) is 65.2 Å². The van der Waals surface area contributed by atoms with Crippen LogP contribution < -0.4 is 0 Å². The van der Waals surface area contributed by atoms with E-state index in [4.69, 9.17) is 0 Å². The zero-order chi connectivity index (χ0) is 16.9. The Morgan fingerprint density at radius 3 is 2.39 bits per heavy atom. The molecular formula is C23H34. The molecule has 1 aromatic rings. The zero-order valence-corrected chi connectivity index (χ0v) is 15.5. The van der Waals surface area contributed by atoms with Crippen LogP contribution in [-0.2, 0) is 5.41 Å². The Hall–Kier alpha value is -1.30. The van der Waals surface area contributed by atoms with E-state index in [1.807, 2.05) is 6.08 Å². The second kappa shape index (κ2) is 7.99. The lowest BCUT2D eigenvalue weighted by Gasteiger charge is -2.46. The van der Waals surface area contributed by atoms with Gasteiger partial charge in [0.1, 0.15) is 0 Å². The Kier molecular flexibility index (Phi) is 6.27. The average Bonchev–Trinajstić information content (AvgIpc) is 2.59. The average molecular weight is 311 g/mol. The molecule has 0 heterocycles. The van der Waals surface area contributed by atoms with E-state index >= 15 is 0 Å². The lowest BCUT2D eigenvalue weighted by atomic mass is 9.58. The fourth-order valence-electron chi connectivity index (χ4n) is 5.01. The molecule has 23 heavy (non-hydrogen) atoms. The summed E-state index contributed by atoms with van der Waals surface area (Å²) in [6.07, 6.45) is 10.7. The van der Waals surface area contributed by atoms with Gasteiger partial charge in [-0.15, -0.1) is 0 Å². The highest BCUT2D eigenvalue weighted by molar-refractivity contribution is 5.27. The zero-order valence-electron chi connectivity index (χ0n) is 15.5. The van der Waals surface area contributed by atoms with E-state index in [0.29, 0.717) is 11.3 Å². The Morgan fingerprint density at radius 2 is 1.83 bits per heavy atom.